The minimum atomic E-state index is -4.32. The van der Waals surface area contributed by atoms with Crippen molar-refractivity contribution >= 4 is 40.8 Å². The predicted molar refractivity (Wildman–Crippen MR) is 94.9 cm³/mol. The molecule has 4 nitrogen and oxygen atoms in total. The van der Waals surface area contributed by atoms with Crippen LogP contribution in [0.4, 0.5) is 13.2 Å². The van der Waals surface area contributed by atoms with Crippen LogP contribution in [0.2, 0.25) is 0 Å². The summed E-state index contributed by atoms with van der Waals surface area (Å²) in [5.41, 5.74) is 0.124. The molecule has 1 aromatic heterocycles. The van der Waals surface area contributed by atoms with Crippen LogP contribution in [-0.2, 0) is 16.7 Å². The first-order chi connectivity index (χ1) is 11.9. The van der Waals surface area contributed by atoms with Gasteiger partial charge in [-0.05, 0) is 24.1 Å². The molecule has 25 heavy (non-hydrogen) atoms. The number of thioether (sulfide) groups is 2. The number of halogens is 3. The van der Waals surface area contributed by atoms with E-state index in [-0.39, 0.29) is 11.7 Å². The van der Waals surface area contributed by atoms with Crippen molar-refractivity contribution in [2.24, 2.45) is 0 Å². The van der Waals surface area contributed by atoms with Crippen LogP contribution in [0.15, 0.2) is 32.9 Å². The lowest BCUT2D eigenvalue weighted by atomic mass is 10.1. The Morgan fingerprint density at radius 2 is 1.80 bits per heavy atom. The minimum absolute atomic E-state index is 0.0407. The monoisotopic (exact) mass is 407 g/mol. The highest BCUT2D eigenvalue weighted by Crippen LogP contribution is 2.32. The second kappa shape index (κ2) is 9.44. The highest BCUT2D eigenvalue weighted by Gasteiger charge is 2.29. The molecule has 1 amide bonds. The molecule has 2 rings (SSSR count). The molecule has 136 valence electrons. The fourth-order valence-electron chi connectivity index (χ4n) is 1.69. The van der Waals surface area contributed by atoms with E-state index >= 15 is 0 Å². The topological polar surface area (TPSA) is 54.9 Å². The molecule has 1 aromatic carbocycles. The molecule has 0 aliphatic rings. The van der Waals surface area contributed by atoms with Crippen LogP contribution < -0.4 is 5.32 Å². The van der Waals surface area contributed by atoms with Crippen LogP contribution in [0.3, 0.4) is 0 Å². The molecule has 1 N–H and O–H groups in total. The number of nitrogens with zero attached hydrogens (tertiary/aromatic N) is 2. The van der Waals surface area contributed by atoms with Crippen LogP contribution in [-0.4, -0.2) is 28.4 Å². The maximum atomic E-state index is 12.5. The van der Waals surface area contributed by atoms with Gasteiger partial charge in [0.1, 0.15) is 0 Å². The van der Waals surface area contributed by atoms with E-state index in [1.165, 1.54) is 47.0 Å². The molecule has 0 fully saturated rings. The summed E-state index contributed by atoms with van der Waals surface area (Å²) in [6.45, 7) is 2.64. The molecule has 0 bridgehead atoms. The van der Waals surface area contributed by atoms with E-state index in [9.17, 15) is 18.0 Å². The number of hydrogen-bond donors (Lipinski definition) is 1. The highest BCUT2D eigenvalue weighted by molar-refractivity contribution is 8.03. The Kier molecular flexibility index (Phi) is 7.57. The van der Waals surface area contributed by atoms with Crippen molar-refractivity contribution in [3.05, 3.63) is 35.4 Å². The van der Waals surface area contributed by atoms with Gasteiger partial charge in [0.2, 0.25) is 5.91 Å². The Balaban J connectivity index is 1.80. The lowest BCUT2D eigenvalue weighted by molar-refractivity contribution is -0.137. The van der Waals surface area contributed by atoms with Crippen molar-refractivity contribution in [3.8, 4) is 0 Å². The van der Waals surface area contributed by atoms with E-state index < -0.39 is 11.7 Å². The molecule has 2 aromatic rings. The molecule has 0 radical (unpaired) electrons. The molecule has 0 aliphatic heterocycles. The summed E-state index contributed by atoms with van der Waals surface area (Å²) in [7, 11) is 0. The van der Waals surface area contributed by atoms with Crippen molar-refractivity contribution in [2.75, 3.05) is 12.3 Å². The zero-order chi connectivity index (χ0) is 18.3. The molecule has 10 heteroatoms. The molecule has 1 heterocycles. The second-order valence-corrected chi connectivity index (χ2v) is 8.38. The van der Waals surface area contributed by atoms with Crippen LogP contribution in [0.1, 0.15) is 24.5 Å². The van der Waals surface area contributed by atoms with E-state index in [0.29, 0.717) is 16.6 Å². The van der Waals surface area contributed by atoms with E-state index in [0.717, 1.165) is 28.5 Å². The number of carbonyl (C=O) groups excluding carboxylic acids is 1. The molecule has 0 spiro atoms. The van der Waals surface area contributed by atoms with Gasteiger partial charge >= 0.3 is 6.18 Å². The molecule has 0 saturated carbocycles. The van der Waals surface area contributed by atoms with Crippen molar-refractivity contribution in [2.45, 2.75) is 34.0 Å². The Bertz CT molecular complexity index is 689. The predicted octanol–water partition coefficient (Wildman–Crippen LogP) is 4.47. The first kappa shape index (κ1) is 20.1. The Morgan fingerprint density at radius 3 is 2.40 bits per heavy atom. The molecular formula is C15H16F3N3OS3. The van der Waals surface area contributed by atoms with Gasteiger partial charge < -0.3 is 5.32 Å². The van der Waals surface area contributed by atoms with Crippen molar-refractivity contribution in [1.29, 1.82) is 0 Å². The SMILES string of the molecule is CCCNC(=O)CSc1nnc(SCc2ccc(C(F)(F)F)cc2)s1. The summed E-state index contributed by atoms with van der Waals surface area (Å²) in [5.74, 6) is 0.758. The molecule has 0 atom stereocenters. The van der Waals surface area contributed by atoms with Gasteiger partial charge in [-0.2, -0.15) is 13.2 Å². The number of aromatic nitrogens is 2. The van der Waals surface area contributed by atoms with Gasteiger partial charge in [-0.15, -0.1) is 10.2 Å². The van der Waals surface area contributed by atoms with Crippen molar-refractivity contribution < 1.29 is 18.0 Å². The second-order valence-electron chi connectivity index (χ2n) is 4.96. The molecular weight excluding hydrogens is 391 g/mol. The minimum Gasteiger partial charge on any atom is -0.355 e. The van der Waals surface area contributed by atoms with E-state index in [4.69, 9.17) is 0 Å². The van der Waals surface area contributed by atoms with Gasteiger partial charge in [-0.25, -0.2) is 0 Å². The number of rotatable bonds is 8. The van der Waals surface area contributed by atoms with Gasteiger partial charge in [0.25, 0.3) is 0 Å². The maximum Gasteiger partial charge on any atom is 0.416 e. The normalized spacial score (nSPS) is 11.5. The average Bonchev–Trinajstić information content (AvgIpc) is 3.04. The zero-order valence-electron chi connectivity index (χ0n) is 13.3. The summed E-state index contributed by atoms with van der Waals surface area (Å²) in [6.07, 6.45) is -3.43. The summed E-state index contributed by atoms with van der Waals surface area (Å²) in [6, 6.07) is 5.08. The van der Waals surface area contributed by atoms with E-state index in [1.807, 2.05) is 6.92 Å². The fraction of sp³-hybridized carbons (Fsp3) is 0.400. The molecule has 0 saturated heterocycles. The highest BCUT2D eigenvalue weighted by atomic mass is 32.2. The number of nitrogens with one attached hydrogen (secondary N) is 1. The Morgan fingerprint density at radius 1 is 1.16 bits per heavy atom. The fourth-order valence-corrected chi connectivity index (χ4v) is 4.50. The first-order valence-electron chi connectivity index (χ1n) is 7.40. The summed E-state index contributed by atoms with van der Waals surface area (Å²) in [5, 5.41) is 10.8. The van der Waals surface area contributed by atoms with Crippen molar-refractivity contribution in [1.82, 2.24) is 15.5 Å². The maximum absolute atomic E-state index is 12.5. The van der Waals surface area contributed by atoms with E-state index in [2.05, 4.69) is 15.5 Å². The molecule has 0 aliphatic carbocycles. The number of hydrogen-bond acceptors (Lipinski definition) is 6. The van der Waals surface area contributed by atoms with Gasteiger partial charge in [0, 0.05) is 12.3 Å². The van der Waals surface area contributed by atoms with Gasteiger partial charge in [-0.3, -0.25) is 4.79 Å². The van der Waals surface area contributed by atoms with Crippen LogP contribution in [0.5, 0.6) is 0 Å². The standard InChI is InChI=1S/C15H16F3N3OS3/c1-2-7-19-12(22)9-24-14-21-20-13(25-14)23-8-10-3-5-11(6-4-10)15(16,17)18/h3-6H,2,7-9H2,1H3,(H,19,22). The third kappa shape index (κ3) is 6.87. The zero-order valence-corrected chi connectivity index (χ0v) is 15.7. The summed E-state index contributed by atoms with van der Waals surface area (Å²) < 4.78 is 39.0. The average molecular weight is 408 g/mol. The van der Waals surface area contributed by atoms with Gasteiger partial charge in [0.05, 0.1) is 11.3 Å². The van der Waals surface area contributed by atoms with Gasteiger partial charge in [-0.1, -0.05) is 53.9 Å². The number of amides is 1. The number of benzene rings is 1. The number of alkyl halides is 3. The smallest absolute Gasteiger partial charge is 0.355 e. The summed E-state index contributed by atoms with van der Waals surface area (Å²) >= 11 is 4.10. The van der Waals surface area contributed by atoms with Crippen LogP contribution in [0.25, 0.3) is 0 Å². The lowest BCUT2D eigenvalue weighted by Gasteiger charge is -2.06. The quantitative estimate of drug-likeness (QED) is 0.655. The Hall–Kier alpha value is -1.26. The third-order valence-corrected chi connectivity index (χ3v) is 6.19. The van der Waals surface area contributed by atoms with Crippen LogP contribution >= 0.6 is 34.9 Å². The Labute approximate surface area is 156 Å². The first-order valence-corrected chi connectivity index (χ1v) is 10.2. The molecule has 0 unspecified atom stereocenters. The van der Waals surface area contributed by atoms with Crippen molar-refractivity contribution in [3.63, 3.8) is 0 Å². The lowest BCUT2D eigenvalue weighted by Crippen LogP contribution is -2.25. The largest absolute Gasteiger partial charge is 0.416 e. The third-order valence-electron chi connectivity index (χ3n) is 2.93. The van der Waals surface area contributed by atoms with Gasteiger partial charge in [0.15, 0.2) is 8.68 Å². The summed E-state index contributed by atoms with van der Waals surface area (Å²) in [4.78, 5) is 11.5. The number of carbonyl (C=O) groups is 1. The van der Waals surface area contributed by atoms with Crippen LogP contribution in [0, 0.1) is 0 Å². The van der Waals surface area contributed by atoms with E-state index in [1.54, 1.807) is 0 Å².